The number of nitrogens with zero attached hydrogens (tertiary/aromatic N) is 3. The first-order valence-corrected chi connectivity index (χ1v) is 12.6. The molecule has 3 heterocycles. The third-order valence-electron chi connectivity index (χ3n) is 8.25. The number of hydrogen-bond acceptors (Lipinski definition) is 3. The molecular weight excluding hydrogens is 434 g/mol. The molecule has 2 aromatic rings. The van der Waals surface area contributed by atoms with Crippen molar-refractivity contribution < 1.29 is 9.53 Å². The molecule has 6 rings (SSSR count). The molecule has 33 heavy (non-hydrogen) atoms. The Morgan fingerprint density at radius 1 is 1.24 bits per heavy atom. The van der Waals surface area contributed by atoms with Crippen molar-refractivity contribution in [2.24, 2.45) is 17.9 Å². The number of halogens is 1. The Morgan fingerprint density at radius 2 is 1.91 bits per heavy atom. The number of carbonyl (C=O) groups excluding carboxylic acids is 1. The van der Waals surface area contributed by atoms with Crippen LogP contribution >= 0.6 is 11.6 Å². The minimum absolute atomic E-state index is 0.0331. The van der Waals surface area contributed by atoms with E-state index >= 15 is 0 Å². The molecule has 1 amide bonds. The average molecular weight is 468 g/mol. The van der Waals surface area contributed by atoms with Crippen molar-refractivity contribution in [2.45, 2.75) is 90.3 Å². The Hall–Kier alpha value is -2.19. The van der Waals surface area contributed by atoms with Gasteiger partial charge in [0.05, 0.1) is 22.6 Å². The van der Waals surface area contributed by atoms with Crippen LogP contribution in [-0.2, 0) is 11.8 Å². The number of aryl methyl sites for hydroxylation is 1. The van der Waals surface area contributed by atoms with E-state index in [9.17, 15) is 10.1 Å². The fraction of sp³-hybridized carbons (Fsp3) is 0.630. The highest BCUT2D eigenvalue weighted by molar-refractivity contribution is 6.37. The van der Waals surface area contributed by atoms with Crippen LogP contribution in [0.3, 0.4) is 0 Å². The lowest BCUT2D eigenvalue weighted by Gasteiger charge is -2.63. The van der Waals surface area contributed by atoms with E-state index in [1.165, 1.54) is 0 Å². The van der Waals surface area contributed by atoms with Crippen LogP contribution in [0, 0.1) is 22.2 Å². The first-order valence-electron chi connectivity index (χ1n) is 12.2. The minimum atomic E-state index is -0.223. The number of fused-ring (bicyclic) bond motifs is 1. The van der Waals surface area contributed by atoms with Crippen LogP contribution in [0.2, 0.25) is 5.02 Å². The molecule has 2 aliphatic heterocycles. The lowest BCUT2D eigenvalue weighted by molar-refractivity contribution is -0.163. The predicted octanol–water partition coefficient (Wildman–Crippen LogP) is 6.19. The van der Waals surface area contributed by atoms with Crippen LogP contribution in [0.4, 0.5) is 0 Å². The van der Waals surface area contributed by atoms with E-state index in [1.54, 1.807) is 0 Å². The Labute approximate surface area is 201 Å². The Bertz CT molecular complexity index is 1140. The number of ether oxygens (including phenoxy) is 1. The van der Waals surface area contributed by atoms with E-state index in [0.717, 1.165) is 48.6 Å². The molecule has 5 nitrogen and oxygen atoms in total. The topological polar surface area (TPSA) is 58.3 Å². The molecule has 6 heteroatoms. The summed E-state index contributed by atoms with van der Waals surface area (Å²) in [6, 6.07) is 7.02. The van der Waals surface area contributed by atoms with Crippen LogP contribution < -0.4 is 4.74 Å². The Morgan fingerprint density at radius 3 is 2.52 bits per heavy atom. The van der Waals surface area contributed by atoms with Gasteiger partial charge in [0.1, 0.15) is 5.75 Å². The Kier molecular flexibility index (Phi) is 5.25. The van der Waals surface area contributed by atoms with Gasteiger partial charge in [-0.15, -0.1) is 0 Å². The van der Waals surface area contributed by atoms with Gasteiger partial charge in [0.25, 0.3) is 0 Å². The van der Waals surface area contributed by atoms with Gasteiger partial charge in [-0.25, -0.2) is 0 Å². The minimum Gasteiger partial charge on any atom is -0.489 e. The lowest BCUT2D eigenvalue weighted by atomic mass is 9.50. The summed E-state index contributed by atoms with van der Waals surface area (Å²) in [5, 5.41) is 11.5. The standard InChI is InChI=1S/C27H34ClN3O2/c1-16(2)33-22-7-6-21-24(25(22)28)20(13-30(21)5)17(3)8-23(32)31-18-9-26(4)10-19(31)12-27(11-18,14-26)15-29/h6-7,13,16-19H,8-12,14H2,1-5H3. The van der Waals surface area contributed by atoms with Crippen molar-refractivity contribution in [2.75, 3.05) is 0 Å². The van der Waals surface area contributed by atoms with E-state index in [1.807, 2.05) is 33.0 Å². The van der Waals surface area contributed by atoms with Gasteiger partial charge in [0, 0.05) is 42.7 Å². The maximum Gasteiger partial charge on any atom is 0.223 e. The zero-order chi connectivity index (χ0) is 23.7. The van der Waals surface area contributed by atoms with Crippen molar-refractivity contribution in [3.63, 3.8) is 0 Å². The summed E-state index contributed by atoms with van der Waals surface area (Å²) in [5.74, 6) is 0.936. The summed E-state index contributed by atoms with van der Waals surface area (Å²) >= 11 is 6.81. The molecule has 2 saturated carbocycles. The van der Waals surface area contributed by atoms with Crippen LogP contribution in [0.5, 0.6) is 5.75 Å². The lowest BCUT2D eigenvalue weighted by Crippen LogP contribution is -2.65. The van der Waals surface area contributed by atoms with Crippen molar-refractivity contribution >= 4 is 28.4 Å². The third kappa shape index (κ3) is 3.62. The molecule has 2 aliphatic carbocycles. The van der Waals surface area contributed by atoms with Crippen LogP contribution in [0.1, 0.15) is 77.7 Å². The number of carbonyl (C=O) groups is 1. The van der Waals surface area contributed by atoms with Crippen LogP contribution in [-0.4, -0.2) is 33.6 Å². The zero-order valence-corrected chi connectivity index (χ0v) is 21.1. The second-order valence-electron chi connectivity index (χ2n) is 11.5. The van der Waals surface area contributed by atoms with Gasteiger partial charge >= 0.3 is 0 Å². The molecule has 1 aromatic carbocycles. The van der Waals surface area contributed by atoms with Gasteiger partial charge in [-0.05, 0) is 75.0 Å². The monoisotopic (exact) mass is 467 g/mol. The van der Waals surface area contributed by atoms with E-state index in [0.29, 0.717) is 17.2 Å². The van der Waals surface area contributed by atoms with Gasteiger partial charge in [0.15, 0.2) is 0 Å². The second-order valence-corrected chi connectivity index (χ2v) is 11.9. The number of rotatable bonds is 5. The average Bonchev–Trinajstić information content (AvgIpc) is 3.05. The molecule has 0 spiro atoms. The molecule has 4 fully saturated rings. The molecule has 2 saturated heterocycles. The maximum absolute atomic E-state index is 13.6. The van der Waals surface area contributed by atoms with Crippen molar-refractivity contribution in [3.8, 4) is 11.8 Å². The van der Waals surface area contributed by atoms with E-state index in [4.69, 9.17) is 16.3 Å². The van der Waals surface area contributed by atoms with E-state index in [-0.39, 0.29) is 40.8 Å². The number of nitriles is 1. The number of hydrogen-bond donors (Lipinski definition) is 0. The number of aromatic nitrogens is 1. The molecule has 1 aromatic heterocycles. The molecule has 4 aliphatic rings. The largest absolute Gasteiger partial charge is 0.489 e. The van der Waals surface area contributed by atoms with E-state index < -0.39 is 0 Å². The molecule has 0 radical (unpaired) electrons. The highest BCUT2D eigenvalue weighted by Crippen LogP contribution is 2.61. The fourth-order valence-corrected chi connectivity index (χ4v) is 7.65. The second kappa shape index (κ2) is 7.67. The smallest absolute Gasteiger partial charge is 0.223 e. The summed E-state index contributed by atoms with van der Waals surface area (Å²) in [6.45, 7) is 8.42. The highest BCUT2D eigenvalue weighted by Gasteiger charge is 2.60. The summed E-state index contributed by atoms with van der Waals surface area (Å²) in [7, 11) is 2.02. The number of benzene rings is 1. The molecule has 3 unspecified atom stereocenters. The van der Waals surface area contributed by atoms with Gasteiger partial charge in [-0.3, -0.25) is 4.79 Å². The van der Waals surface area contributed by atoms with Crippen molar-refractivity contribution in [3.05, 3.63) is 28.9 Å². The normalized spacial score (nSPS) is 31.3. The number of piperidine rings is 2. The van der Waals surface area contributed by atoms with Gasteiger partial charge in [-0.1, -0.05) is 25.4 Å². The third-order valence-corrected chi connectivity index (χ3v) is 8.62. The quantitative estimate of drug-likeness (QED) is 0.527. The van der Waals surface area contributed by atoms with E-state index in [2.05, 4.69) is 35.6 Å². The van der Waals surface area contributed by atoms with Crippen molar-refractivity contribution in [1.82, 2.24) is 9.47 Å². The molecule has 3 atom stereocenters. The predicted molar refractivity (Wildman–Crippen MR) is 130 cm³/mol. The molecule has 0 N–H and O–H groups in total. The highest BCUT2D eigenvalue weighted by atomic mass is 35.5. The summed E-state index contributed by atoms with van der Waals surface area (Å²) in [5.41, 5.74) is 2.12. The first kappa shape index (κ1) is 22.6. The van der Waals surface area contributed by atoms with Gasteiger partial charge < -0.3 is 14.2 Å². The molecule has 4 bridgehead atoms. The summed E-state index contributed by atoms with van der Waals surface area (Å²) < 4.78 is 8.01. The first-order chi connectivity index (χ1) is 15.5. The fourth-order valence-electron chi connectivity index (χ4n) is 7.34. The van der Waals surface area contributed by atoms with Gasteiger partial charge in [0.2, 0.25) is 5.91 Å². The van der Waals surface area contributed by atoms with Gasteiger partial charge in [-0.2, -0.15) is 5.26 Å². The van der Waals surface area contributed by atoms with Crippen LogP contribution in [0.15, 0.2) is 18.3 Å². The zero-order valence-electron chi connectivity index (χ0n) is 20.3. The van der Waals surface area contributed by atoms with Crippen molar-refractivity contribution in [1.29, 1.82) is 5.26 Å². The number of amides is 1. The summed E-state index contributed by atoms with van der Waals surface area (Å²) in [6.07, 6.45) is 7.33. The SMILES string of the molecule is CC(C)Oc1ccc2c(c(C(C)CC(=O)N3C4CC5(C)CC3CC(C#N)(C4)C5)cn2C)c1Cl. The molecule has 176 valence electrons. The molecular formula is C27H34ClN3O2. The summed E-state index contributed by atoms with van der Waals surface area (Å²) in [4.78, 5) is 15.8. The maximum atomic E-state index is 13.6. The van der Waals surface area contributed by atoms with Crippen LogP contribution in [0.25, 0.3) is 10.9 Å². The Balaban J connectivity index is 1.41.